The topological polar surface area (TPSA) is 31.9 Å². The van der Waals surface area contributed by atoms with E-state index in [0.717, 1.165) is 23.4 Å². The molecule has 3 rings (SSSR count). The van der Waals surface area contributed by atoms with Gasteiger partial charge in [0.1, 0.15) is 5.82 Å². The molecule has 0 aliphatic carbocycles. The molecular weight excluding hydrogens is 242 g/mol. The smallest absolute Gasteiger partial charge is 0.121 e. The molecule has 0 radical (unpaired) electrons. The number of hydrogen-bond acceptors (Lipinski definition) is 3. The number of aryl methyl sites for hydroxylation is 1. The zero-order valence-electron chi connectivity index (χ0n) is 10.9. The van der Waals surface area contributed by atoms with E-state index in [2.05, 4.69) is 53.8 Å². The summed E-state index contributed by atoms with van der Waals surface area (Å²) in [4.78, 5) is 10.6. The Morgan fingerprint density at radius 1 is 1.50 bits per heavy atom. The Morgan fingerprint density at radius 3 is 3.11 bits per heavy atom. The largest absolute Gasteiger partial charge is 0.341 e. The highest BCUT2D eigenvalue weighted by Gasteiger charge is 2.20. The molecule has 0 amide bonds. The number of aromatic amines is 1. The first-order valence-electron chi connectivity index (χ1n) is 6.46. The molecule has 18 heavy (non-hydrogen) atoms. The van der Waals surface area contributed by atoms with Gasteiger partial charge < -0.3 is 4.98 Å². The van der Waals surface area contributed by atoms with Crippen LogP contribution in [-0.4, -0.2) is 39.5 Å². The predicted molar refractivity (Wildman–Crippen MR) is 78.0 cm³/mol. The zero-order chi connectivity index (χ0) is 12.5. The number of nitrogens with one attached hydrogen (secondary N) is 1. The Morgan fingerprint density at radius 2 is 2.39 bits per heavy atom. The third-order valence-electron chi connectivity index (χ3n) is 3.69. The third-order valence-corrected chi connectivity index (χ3v) is 4.84. The lowest BCUT2D eigenvalue weighted by Gasteiger charge is -2.21. The number of H-pyrrole nitrogens is 1. The molecule has 0 unspecified atom stereocenters. The van der Waals surface area contributed by atoms with Crippen molar-refractivity contribution in [3.05, 3.63) is 29.6 Å². The van der Waals surface area contributed by atoms with Crippen LogP contribution in [0.15, 0.2) is 18.2 Å². The Kier molecular flexibility index (Phi) is 3.31. The van der Waals surface area contributed by atoms with Gasteiger partial charge in [-0.1, -0.05) is 12.1 Å². The summed E-state index contributed by atoms with van der Waals surface area (Å²) in [5.74, 6) is 3.64. The number of thioether (sulfide) groups is 1. The van der Waals surface area contributed by atoms with Crippen LogP contribution >= 0.6 is 11.8 Å². The SMILES string of the molecule is Cc1cccc2[nH]c(CN(C)[C@H]3CCSC3)nc12. The number of aromatic nitrogens is 2. The molecule has 1 fully saturated rings. The molecule has 0 spiro atoms. The molecule has 96 valence electrons. The molecule has 4 heteroatoms. The van der Waals surface area contributed by atoms with Crippen molar-refractivity contribution in [2.75, 3.05) is 18.6 Å². The average molecular weight is 261 g/mol. The number of nitrogens with zero attached hydrogens (tertiary/aromatic N) is 2. The van der Waals surface area contributed by atoms with Crippen LogP contribution in [-0.2, 0) is 6.54 Å². The molecule has 2 aromatic rings. The molecule has 1 aliphatic rings. The van der Waals surface area contributed by atoms with Crippen LogP contribution in [0.1, 0.15) is 17.8 Å². The highest BCUT2D eigenvalue weighted by Crippen LogP contribution is 2.23. The van der Waals surface area contributed by atoms with Crippen molar-refractivity contribution in [2.24, 2.45) is 0 Å². The van der Waals surface area contributed by atoms with E-state index in [1.54, 1.807) is 0 Å². The van der Waals surface area contributed by atoms with E-state index in [0.29, 0.717) is 6.04 Å². The summed E-state index contributed by atoms with van der Waals surface area (Å²) in [6.45, 7) is 3.03. The lowest BCUT2D eigenvalue weighted by Crippen LogP contribution is -2.31. The fraction of sp³-hybridized carbons (Fsp3) is 0.500. The summed E-state index contributed by atoms with van der Waals surface area (Å²) in [7, 11) is 2.20. The zero-order valence-corrected chi connectivity index (χ0v) is 11.8. The maximum absolute atomic E-state index is 4.72. The van der Waals surface area contributed by atoms with E-state index in [1.165, 1.54) is 23.5 Å². The van der Waals surface area contributed by atoms with Crippen molar-refractivity contribution in [2.45, 2.75) is 25.9 Å². The van der Waals surface area contributed by atoms with Crippen LogP contribution < -0.4 is 0 Å². The molecule has 3 nitrogen and oxygen atoms in total. The second kappa shape index (κ2) is 4.94. The molecule has 1 aromatic heterocycles. The fourth-order valence-corrected chi connectivity index (χ4v) is 3.84. The summed E-state index contributed by atoms with van der Waals surface area (Å²) in [5, 5.41) is 0. The molecule has 1 N–H and O–H groups in total. The lowest BCUT2D eigenvalue weighted by atomic mass is 10.2. The number of benzene rings is 1. The van der Waals surface area contributed by atoms with E-state index in [9.17, 15) is 0 Å². The molecule has 1 aromatic carbocycles. The third kappa shape index (κ3) is 2.27. The number of para-hydroxylation sites is 1. The van der Waals surface area contributed by atoms with E-state index in [1.807, 2.05) is 0 Å². The van der Waals surface area contributed by atoms with E-state index in [-0.39, 0.29) is 0 Å². The first kappa shape index (κ1) is 12.1. The predicted octanol–water partition coefficient (Wildman–Crippen LogP) is 2.81. The number of fused-ring (bicyclic) bond motifs is 1. The lowest BCUT2D eigenvalue weighted by molar-refractivity contribution is 0.249. The number of rotatable bonds is 3. The van der Waals surface area contributed by atoms with Crippen molar-refractivity contribution >= 4 is 22.8 Å². The molecular formula is C14H19N3S. The van der Waals surface area contributed by atoms with Gasteiger partial charge in [0.05, 0.1) is 17.6 Å². The normalized spacial score (nSPS) is 20.1. The standard InChI is InChI=1S/C14H19N3S/c1-10-4-3-5-12-14(10)16-13(15-12)8-17(2)11-6-7-18-9-11/h3-5,11H,6-9H2,1-2H3,(H,15,16)/t11-/m0/s1. The van der Waals surface area contributed by atoms with Crippen LogP contribution in [0.2, 0.25) is 0 Å². The maximum Gasteiger partial charge on any atom is 0.121 e. The molecule has 0 bridgehead atoms. The van der Waals surface area contributed by atoms with Gasteiger partial charge in [-0.15, -0.1) is 0 Å². The van der Waals surface area contributed by atoms with Gasteiger partial charge in [-0.25, -0.2) is 4.98 Å². The molecule has 0 saturated carbocycles. The van der Waals surface area contributed by atoms with Crippen LogP contribution in [0, 0.1) is 6.92 Å². The molecule has 1 aliphatic heterocycles. The quantitative estimate of drug-likeness (QED) is 0.922. The first-order chi connectivity index (χ1) is 8.74. The van der Waals surface area contributed by atoms with Gasteiger partial charge in [-0.2, -0.15) is 11.8 Å². The van der Waals surface area contributed by atoms with Gasteiger partial charge >= 0.3 is 0 Å². The highest BCUT2D eigenvalue weighted by atomic mass is 32.2. The van der Waals surface area contributed by atoms with Gasteiger partial charge in [0.2, 0.25) is 0 Å². The van der Waals surface area contributed by atoms with Gasteiger partial charge in [0.25, 0.3) is 0 Å². The maximum atomic E-state index is 4.72. The van der Waals surface area contributed by atoms with Crippen molar-refractivity contribution in [1.82, 2.24) is 14.9 Å². The van der Waals surface area contributed by atoms with Crippen LogP contribution in [0.3, 0.4) is 0 Å². The van der Waals surface area contributed by atoms with E-state index in [4.69, 9.17) is 4.98 Å². The fourth-order valence-electron chi connectivity index (χ4n) is 2.54. The minimum absolute atomic E-state index is 0.712. The highest BCUT2D eigenvalue weighted by molar-refractivity contribution is 7.99. The Hall–Kier alpha value is -1.00. The summed E-state index contributed by atoms with van der Waals surface area (Å²) in [5.41, 5.74) is 3.51. The summed E-state index contributed by atoms with van der Waals surface area (Å²) < 4.78 is 0. The van der Waals surface area contributed by atoms with Crippen molar-refractivity contribution < 1.29 is 0 Å². The molecule has 1 atom stereocenters. The van der Waals surface area contributed by atoms with Gasteiger partial charge in [-0.3, -0.25) is 4.90 Å². The van der Waals surface area contributed by atoms with E-state index < -0.39 is 0 Å². The number of imidazole rings is 1. The Balaban J connectivity index is 1.80. The first-order valence-corrected chi connectivity index (χ1v) is 7.61. The summed E-state index contributed by atoms with van der Waals surface area (Å²) in [6, 6.07) is 7.01. The second-order valence-electron chi connectivity index (χ2n) is 5.09. The second-order valence-corrected chi connectivity index (χ2v) is 6.24. The van der Waals surface area contributed by atoms with Crippen LogP contribution in [0.4, 0.5) is 0 Å². The van der Waals surface area contributed by atoms with Gasteiger partial charge in [0, 0.05) is 11.8 Å². The van der Waals surface area contributed by atoms with Crippen LogP contribution in [0.25, 0.3) is 11.0 Å². The van der Waals surface area contributed by atoms with Gasteiger partial charge in [-0.05, 0) is 37.8 Å². The van der Waals surface area contributed by atoms with Crippen molar-refractivity contribution in [1.29, 1.82) is 0 Å². The van der Waals surface area contributed by atoms with Gasteiger partial charge in [0.15, 0.2) is 0 Å². The minimum atomic E-state index is 0.712. The average Bonchev–Trinajstić information content (AvgIpc) is 2.97. The van der Waals surface area contributed by atoms with Crippen molar-refractivity contribution in [3.8, 4) is 0 Å². The Bertz CT molecular complexity index is 543. The summed E-state index contributed by atoms with van der Waals surface area (Å²) >= 11 is 2.06. The van der Waals surface area contributed by atoms with Crippen molar-refractivity contribution in [3.63, 3.8) is 0 Å². The van der Waals surface area contributed by atoms with E-state index >= 15 is 0 Å². The molecule has 2 heterocycles. The molecule has 1 saturated heterocycles. The monoisotopic (exact) mass is 261 g/mol. The number of hydrogen-bond donors (Lipinski definition) is 1. The minimum Gasteiger partial charge on any atom is -0.341 e. The summed E-state index contributed by atoms with van der Waals surface area (Å²) in [6.07, 6.45) is 1.31. The Labute approximate surface area is 112 Å². The van der Waals surface area contributed by atoms with Crippen LogP contribution in [0.5, 0.6) is 0 Å².